The van der Waals surface area contributed by atoms with Crippen LogP contribution in [0.3, 0.4) is 0 Å². The van der Waals surface area contributed by atoms with Gasteiger partial charge in [0.05, 0.1) is 5.52 Å². The smallest absolute Gasteiger partial charge is 0.265 e. The molecule has 0 radical (unpaired) electrons. The summed E-state index contributed by atoms with van der Waals surface area (Å²) in [6.07, 6.45) is 2.93. The largest absolute Gasteiger partial charge is 0.295 e. The summed E-state index contributed by atoms with van der Waals surface area (Å²) in [6.45, 7) is 0. The molecule has 0 aliphatic heterocycles. The van der Waals surface area contributed by atoms with E-state index in [0.717, 1.165) is 17.3 Å². The van der Waals surface area contributed by atoms with Crippen molar-refractivity contribution in [3.63, 3.8) is 0 Å². The first-order valence-corrected chi connectivity index (χ1v) is 7.48. The molecule has 23 heavy (non-hydrogen) atoms. The van der Waals surface area contributed by atoms with Crippen LogP contribution in [0.25, 0.3) is 16.6 Å². The van der Waals surface area contributed by atoms with Crippen molar-refractivity contribution in [2.45, 2.75) is 12.8 Å². The Balaban J connectivity index is 1.75. The molecule has 4 rings (SSSR count). The van der Waals surface area contributed by atoms with Gasteiger partial charge in [-0.1, -0.05) is 42.5 Å². The molecule has 0 N–H and O–H groups in total. The molecule has 0 unspecified atom stereocenters. The lowest BCUT2D eigenvalue weighted by atomic mass is 10.1. The quantitative estimate of drug-likeness (QED) is 0.545. The molecule has 2 aromatic carbocycles. The summed E-state index contributed by atoms with van der Waals surface area (Å²) in [6, 6.07) is 17.6. The molecule has 0 bridgehead atoms. The lowest BCUT2D eigenvalue weighted by molar-refractivity contribution is 0.776. The highest BCUT2D eigenvalue weighted by Crippen LogP contribution is 2.14. The number of fused-ring (bicyclic) bond motifs is 3. The monoisotopic (exact) mass is 302 g/mol. The second kappa shape index (κ2) is 5.61. The lowest BCUT2D eigenvalue weighted by Crippen LogP contribution is -2.20. The zero-order chi connectivity index (χ0) is 15.6. The molecule has 2 aromatic heterocycles. The second-order valence-electron chi connectivity index (χ2n) is 5.38. The Labute approximate surface area is 132 Å². The molecule has 0 saturated carbocycles. The van der Waals surface area contributed by atoms with Gasteiger partial charge in [0.2, 0.25) is 0 Å². The summed E-state index contributed by atoms with van der Waals surface area (Å²) in [7, 11) is 0. The molecule has 0 aliphatic rings. The van der Waals surface area contributed by atoms with E-state index in [-0.39, 0.29) is 5.56 Å². The average molecular weight is 302 g/mol. The van der Waals surface area contributed by atoms with Gasteiger partial charge in [0.1, 0.15) is 12.0 Å². The molecule has 4 aromatic rings. The second-order valence-corrected chi connectivity index (χ2v) is 5.38. The van der Waals surface area contributed by atoms with Crippen molar-refractivity contribution in [1.29, 1.82) is 0 Å². The summed E-state index contributed by atoms with van der Waals surface area (Å²) in [5.74, 6) is 0. The number of aromatic nitrogens is 4. The summed E-state index contributed by atoms with van der Waals surface area (Å²) in [5.41, 5.74) is 2.72. The third kappa shape index (κ3) is 2.57. The number of aryl methyl sites for hydroxylation is 2. The van der Waals surface area contributed by atoms with E-state index in [1.165, 1.54) is 5.56 Å². The standard InChI is InChI=1S/C18H14N4O/c23-18-16(11-10-13-6-2-1-3-7-13)21-22-12-19-15-9-5-4-8-14(15)17(22)20-18/h1-9,12H,10-11H2. The number of hydrogen-bond donors (Lipinski definition) is 0. The van der Waals surface area contributed by atoms with E-state index < -0.39 is 0 Å². The highest BCUT2D eigenvalue weighted by atomic mass is 16.1. The number of nitrogens with zero attached hydrogens (tertiary/aromatic N) is 4. The van der Waals surface area contributed by atoms with E-state index in [1.807, 2.05) is 54.6 Å². The van der Waals surface area contributed by atoms with Crippen molar-refractivity contribution in [3.05, 3.63) is 82.5 Å². The zero-order valence-electron chi connectivity index (χ0n) is 12.4. The molecule has 112 valence electrons. The van der Waals surface area contributed by atoms with E-state index >= 15 is 0 Å². The molecule has 0 fully saturated rings. The van der Waals surface area contributed by atoms with Gasteiger partial charge >= 0.3 is 0 Å². The average Bonchev–Trinajstić information content (AvgIpc) is 2.61. The van der Waals surface area contributed by atoms with Crippen LogP contribution < -0.4 is 5.56 Å². The van der Waals surface area contributed by atoms with Crippen LogP contribution in [-0.4, -0.2) is 19.6 Å². The Hall–Kier alpha value is -3.08. The highest BCUT2D eigenvalue weighted by Gasteiger charge is 2.09. The molecular weight excluding hydrogens is 288 g/mol. The fraction of sp³-hybridized carbons (Fsp3) is 0.111. The fourth-order valence-electron chi connectivity index (χ4n) is 2.65. The lowest BCUT2D eigenvalue weighted by Gasteiger charge is -2.05. The molecule has 0 aliphatic carbocycles. The van der Waals surface area contributed by atoms with Gasteiger partial charge in [-0.2, -0.15) is 10.1 Å². The van der Waals surface area contributed by atoms with Crippen LogP contribution in [0.4, 0.5) is 0 Å². The van der Waals surface area contributed by atoms with Crippen molar-refractivity contribution in [2.75, 3.05) is 0 Å². The molecule has 0 spiro atoms. The highest BCUT2D eigenvalue weighted by molar-refractivity contribution is 5.90. The number of hydrogen-bond acceptors (Lipinski definition) is 4. The maximum absolute atomic E-state index is 12.3. The van der Waals surface area contributed by atoms with Crippen molar-refractivity contribution in [3.8, 4) is 0 Å². The van der Waals surface area contributed by atoms with Gasteiger partial charge in [0, 0.05) is 11.8 Å². The predicted octanol–water partition coefficient (Wildman–Crippen LogP) is 2.42. The molecule has 0 saturated heterocycles. The molecule has 5 nitrogen and oxygen atoms in total. The molecule has 0 atom stereocenters. The maximum Gasteiger partial charge on any atom is 0.295 e. The maximum atomic E-state index is 12.3. The van der Waals surface area contributed by atoms with E-state index in [9.17, 15) is 4.79 Å². The first kappa shape index (κ1) is 13.6. The Bertz CT molecular complexity index is 1040. The molecule has 0 amide bonds. The van der Waals surface area contributed by atoms with Gasteiger partial charge in [0.25, 0.3) is 5.56 Å². The van der Waals surface area contributed by atoms with Gasteiger partial charge in [-0.25, -0.2) is 9.50 Å². The summed E-state index contributed by atoms with van der Waals surface area (Å²) in [4.78, 5) is 20.9. The summed E-state index contributed by atoms with van der Waals surface area (Å²) >= 11 is 0. The van der Waals surface area contributed by atoms with Crippen LogP contribution in [0.5, 0.6) is 0 Å². The summed E-state index contributed by atoms with van der Waals surface area (Å²) in [5, 5.41) is 5.25. The SMILES string of the molecule is O=c1nc2c3ccccc3ncn2nc1CCc1ccccc1. The van der Waals surface area contributed by atoms with Gasteiger partial charge in [-0.05, 0) is 24.1 Å². The molecular formula is C18H14N4O. The Morgan fingerprint density at radius 2 is 1.70 bits per heavy atom. The van der Waals surface area contributed by atoms with Crippen molar-refractivity contribution < 1.29 is 0 Å². The minimum Gasteiger partial charge on any atom is -0.265 e. The first-order chi connectivity index (χ1) is 11.3. The van der Waals surface area contributed by atoms with Gasteiger partial charge in [-0.15, -0.1) is 0 Å². The Morgan fingerprint density at radius 3 is 2.57 bits per heavy atom. The number of rotatable bonds is 3. The predicted molar refractivity (Wildman–Crippen MR) is 88.4 cm³/mol. The van der Waals surface area contributed by atoms with Crippen LogP contribution in [0.2, 0.25) is 0 Å². The van der Waals surface area contributed by atoms with Crippen LogP contribution in [0.1, 0.15) is 11.3 Å². The minimum absolute atomic E-state index is 0.266. The van der Waals surface area contributed by atoms with E-state index in [2.05, 4.69) is 15.1 Å². The number of benzene rings is 2. The van der Waals surface area contributed by atoms with E-state index in [4.69, 9.17) is 0 Å². The van der Waals surface area contributed by atoms with E-state index in [1.54, 1.807) is 10.8 Å². The van der Waals surface area contributed by atoms with Gasteiger partial charge < -0.3 is 0 Å². The zero-order valence-corrected chi connectivity index (χ0v) is 12.4. The first-order valence-electron chi connectivity index (χ1n) is 7.48. The minimum atomic E-state index is -0.266. The third-order valence-electron chi connectivity index (χ3n) is 3.84. The fourth-order valence-corrected chi connectivity index (χ4v) is 2.65. The third-order valence-corrected chi connectivity index (χ3v) is 3.84. The van der Waals surface area contributed by atoms with E-state index in [0.29, 0.717) is 17.8 Å². The number of para-hydroxylation sites is 1. The van der Waals surface area contributed by atoms with Crippen molar-refractivity contribution >= 4 is 16.6 Å². The Morgan fingerprint density at radius 1 is 0.913 bits per heavy atom. The summed E-state index contributed by atoms with van der Waals surface area (Å²) < 4.78 is 1.59. The topological polar surface area (TPSA) is 60.2 Å². The normalized spacial score (nSPS) is 11.1. The molecule has 5 heteroatoms. The van der Waals surface area contributed by atoms with Gasteiger partial charge in [-0.3, -0.25) is 4.79 Å². The van der Waals surface area contributed by atoms with Crippen LogP contribution in [0, 0.1) is 0 Å². The molecule has 2 heterocycles. The van der Waals surface area contributed by atoms with Gasteiger partial charge in [0.15, 0.2) is 5.65 Å². The van der Waals surface area contributed by atoms with Crippen LogP contribution >= 0.6 is 0 Å². The Kier molecular flexibility index (Phi) is 3.31. The van der Waals surface area contributed by atoms with Crippen molar-refractivity contribution in [2.24, 2.45) is 0 Å². The van der Waals surface area contributed by atoms with Crippen LogP contribution in [0.15, 0.2) is 65.7 Å². The van der Waals surface area contributed by atoms with Crippen LogP contribution in [-0.2, 0) is 12.8 Å². The van der Waals surface area contributed by atoms with Crippen molar-refractivity contribution in [1.82, 2.24) is 19.6 Å².